The molecule has 0 aliphatic carbocycles. The Hall–Kier alpha value is -5.66. The summed E-state index contributed by atoms with van der Waals surface area (Å²) in [7, 11) is -3.37. The molecule has 6 heterocycles. The van der Waals surface area contributed by atoms with Crippen LogP contribution in [0.2, 0.25) is 0 Å². The Bertz CT molecular complexity index is 2290. The van der Waals surface area contributed by atoms with Crippen molar-refractivity contribution in [3.63, 3.8) is 0 Å². The molecule has 0 bridgehead atoms. The molecule has 1 spiro atoms. The van der Waals surface area contributed by atoms with E-state index in [0.717, 1.165) is 68.5 Å². The van der Waals surface area contributed by atoms with E-state index in [1.165, 1.54) is 12.1 Å². The van der Waals surface area contributed by atoms with Crippen LogP contribution in [0.4, 0.5) is 27.8 Å². The summed E-state index contributed by atoms with van der Waals surface area (Å²) in [6, 6.07) is 10.2. The molecule has 4 fully saturated rings. The first kappa shape index (κ1) is 40.1. The summed E-state index contributed by atoms with van der Waals surface area (Å²) in [6.45, 7) is 4.02. The number of nitrogens with two attached hydrogens (primary N) is 1. The number of benzene rings is 2. The Morgan fingerprint density at radius 2 is 1.63 bits per heavy atom. The topological polar surface area (TPSA) is 241 Å². The summed E-state index contributed by atoms with van der Waals surface area (Å²) < 4.78 is 23.8. The summed E-state index contributed by atoms with van der Waals surface area (Å²) in [5, 5.41) is 18.8. The number of hydrogen-bond acceptors (Lipinski definition) is 14. The number of aliphatic hydroxyl groups excluding tert-OH is 1. The summed E-state index contributed by atoms with van der Waals surface area (Å²) >= 11 is 0. The highest BCUT2D eigenvalue weighted by Gasteiger charge is 2.45. The van der Waals surface area contributed by atoms with E-state index in [4.69, 9.17) is 10.7 Å². The predicted molar refractivity (Wildman–Crippen MR) is 216 cm³/mol. The lowest BCUT2D eigenvalue weighted by Gasteiger charge is -2.47. The number of hydrogen-bond donors (Lipinski definition) is 5. The third-order valence-corrected chi connectivity index (χ3v) is 13.5. The monoisotopic (exact) mass is 828 g/mol. The molecule has 18 nitrogen and oxygen atoms in total. The third kappa shape index (κ3) is 8.18. The van der Waals surface area contributed by atoms with Gasteiger partial charge in [0.1, 0.15) is 23.8 Å². The van der Waals surface area contributed by atoms with Gasteiger partial charge in [-0.15, -0.1) is 0 Å². The van der Waals surface area contributed by atoms with E-state index in [9.17, 15) is 37.5 Å². The van der Waals surface area contributed by atoms with Crippen molar-refractivity contribution in [2.24, 2.45) is 11.1 Å². The van der Waals surface area contributed by atoms with E-state index in [-0.39, 0.29) is 57.9 Å². The number of rotatable bonds is 8. The van der Waals surface area contributed by atoms with Crippen molar-refractivity contribution in [3.8, 4) is 0 Å². The maximum Gasteiger partial charge on any atom is 0.317 e. The molecule has 5 aliphatic rings. The van der Waals surface area contributed by atoms with Crippen molar-refractivity contribution in [1.29, 1.82) is 0 Å². The highest BCUT2D eigenvalue weighted by molar-refractivity contribution is 7.90. The van der Waals surface area contributed by atoms with Gasteiger partial charge in [0, 0.05) is 69.4 Å². The van der Waals surface area contributed by atoms with Crippen LogP contribution in [0.1, 0.15) is 84.0 Å². The van der Waals surface area contributed by atoms with Gasteiger partial charge in [0.05, 0.1) is 22.2 Å². The molecule has 312 valence electrons. The Labute approximate surface area is 341 Å². The van der Waals surface area contributed by atoms with Gasteiger partial charge in [-0.25, -0.2) is 23.2 Å². The van der Waals surface area contributed by atoms with E-state index in [1.54, 1.807) is 30.5 Å². The smallest absolute Gasteiger partial charge is 0.317 e. The van der Waals surface area contributed by atoms with Crippen molar-refractivity contribution < 1.29 is 37.5 Å². The Morgan fingerprint density at radius 3 is 2.31 bits per heavy atom. The molecule has 1 aromatic heterocycles. The number of nitrogens with one attached hydrogen (secondary N) is 3. The molecule has 4 saturated heterocycles. The SMILES string of the molecule is CS(=O)(=O)c1ccc(Nc2nc(N3CCC[C@@H](NC(=O)N4CCC5(CC4)CCN(c4ccc6c(c4)C(=O)N(C4CCC(=O)NC4=O)C6=O)CC5)C3)cnc2C(N)O)cc1. The number of sulfone groups is 1. The van der Waals surface area contributed by atoms with Crippen LogP contribution in [0.5, 0.6) is 0 Å². The Morgan fingerprint density at radius 1 is 0.932 bits per heavy atom. The molecule has 2 aromatic carbocycles. The fourth-order valence-corrected chi connectivity index (χ4v) is 9.55. The first-order chi connectivity index (χ1) is 28.2. The Balaban J connectivity index is 0.836. The number of carbonyl (C=O) groups is 5. The van der Waals surface area contributed by atoms with E-state index in [1.807, 2.05) is 15.9 Å². The van der Waals surface area contributed by atoms with Gasteiger partial charge in [0.25, 0.3) is 11.8 Å². The van der Waals surface area contributed by atoms with Crippen LogP contribution in [-0.2, 0) is 19.4 Å². The number of aromatic nitrogens is 2. The van der Waals surface area contributed by atoms with Crippen LogP contribution in [0.3, 0.4) is 0 Å². The molecule has 19 heteroatoms. The number of carbonyl (C=O) groups excluding carboxylic acids is 5. The molecule has 5 aliphatic heterocycles. The van der Waals surface area contributed by atoms with Crippen LogP contribution < -0.4 is 31.5 Å². The van der Waals surface area contributed by atoms with Gasteiger partial charge in [-0.05, 0) is 92.8 Å². The van der Waals surface area contributed by atoms with Crippen LogP contribution in [0, 0.1) is 5.41 Å². The maximum atomic E-state index is 13.6. The minimum Gasteiger partial charge on any atom is -0.373 e. The number of aliphatic hydroxyl groups is 1. The van der Waals surface area contributed by atoms with Crippen molar-refractivity contribution in [2.45, 2.75) is 74.6 Å². The predicted octanol–water partition coefficient (Wildman–Crippen LogP) is 2.04. The average molecular weight is 829 g/mol. The Kier molecular flexibility index (Phi) is 10.8. The zero-order chi connectivity index (χ0) is 41.6. The number of likely N-dealkylation sites (tertiary alicyclic amines) is 1. The van der Waals surface area contributed by atoms with E-state index in [2.05, 4.69) is 25.8 Å². The van der Waals surface area contributed by atoms with Crippen LogP contribution >= 0.6 is 0 Å². The van der Waals surface area contributed by atoms with E-state index < -0.39 is 45.7 Å². The number of anilines is 4. The number of nitrogens with zero attached hydrogens (tertiary/aromatic N) is 6. The molecule has 0 radical (unpaired) electrons. The number of piperidine rings is 4. The largest absolute Gasteiger partial charge is 0.373 e. The second kappa shape index (κ2) is 15.8. The number of imide groups is 2. The molecule has 2 unspecified atom stereocenters. The molecule has 0 saturated carbocycles. The van der Waals surface area contributed by atoms with Gasteiger partial charge in [-0.2, -0.15) is 0 Å². The fraction of sp³-hybridized carbons (Fsp3) is 0.475. The minimum absolute atomic E-state index is 0.0683. The van der Waals surface area contributed by atoms with Gasteiger partial charge in [-0.3, -0.25) is 29.4 Å². The molecule has 6 amide bonds. The fourth-order valence-electron chi connectivity index (χ4n) is 8.92. The molecule has 59 heavy (non-hydrogen) atoms. The van der Waals surface area contributed by atoms with Crippen molar-refractivity contribution in [2.75, 3.05) is 60.6 Å². The maximum absolute atomic E-state index is 13.6. The summed E-state index contributed by atoms with van der Waals surface area (Å²) in [5.74, 6) is -1.30. The lowest BCUT2D eigenvalue weighted by Crippen LogP contribution is -2.55. The first-order valence-electron chi connectivity index (χ1n) is 20.0. The van der Waals surface area contributed by atoms with Crippen LogP contribution in [0.25, 0.3) is 0 Å². The van der Waals surface area contributed by atoms with Gasteiger partial charge in [0.2, 0.25) is 11.8 Å². The van der Waals surface area contributed by atoms with Gasteiger partial charge >= 0.3 is 6.03 Å². The molecule has 3 atom stereocenters. The molecule has 6 N–H and O–H groups in total. The van der Waals surface area contributed by atoms with Crippen LogP contribution in [-0.4, -0.2) is 121 Å². The summed E-state index contributed by atoms with van der Waals surface area (Å²) in [5.41, 5.74) is 7.94. The normalized spacial score (nSPS) is 22.6. The number of fused-ring (bicyclic) bond motifs is 1. The molecule has 3 aromatic rings. The van der Waals surface area contributed by atoms with Gasteiger partial charge in [0.15, 0.2) is 15.7 Å². The highest BCUT2D eigenvalue weighted by Crippen LogP contribution is 2.43. The van der Waals surface area contributed by atoms with Crippen molar-refractivity contribution in [1.82, 2.24) is 30.4 Å². The van der Waals surface area contributed by atoms with E-state index in [0.29, 0.717) is 37.7 Å². The first-order valence-corrected chi connectivity index (χ1v) is 21.9. The number of amides is 6. The zero-order valence-corrected chi connectivity index (χ0v) is 33.5. The highest BCUT2D eigenvalue weighted by atomic mass is 32.2. The van der Waals surface area contributed by atoms with Gasteiger partial charge in [-0.1, -0.05) is 0 Å². The molecular formula is C40H48N10O8S. The van der Waals surface area contributed by atoms with Crippen LogP contribution in [0.15, 0.2) is 53.6 Å². The summed E-state index contributed by atoms with van der Waals surface area (Å²) in [6.07, 6.45) is 6.69. The second-order valence-corrected chi connectivity index (χ2v) is 18.2. The molecular weight excluding hydrogens is 781 g/mol. The van der Waals surface area contributed by atoms with Crippen molar-refractivity contribution in [3.05, 3.63) is 65.5 Å². The zero-order valence-electron chi connectivity index (χ0n) is 32.7. The van der Waals surface area contributed by atoms with Crippen molar-refractivity contribution >= 4 is 62.5 Å². The standard InChI is InChI=1S/C40H48N10O8S/c1-59(57,58)27-7-4-24(5-8-27)43-35-33(34(41)52)42-22-31(45-35)49-16-2-3-25(23-49)44-39(56)48-19-14-40(15-20-48)12-17-47(18-13-40)26-6-9-28-29(21-26)38(55)50(37(28)54)30-10-11-32(51)46-36(30)53/h4-9,21-22,25,30,34,52H,2-3,10-20,23,41H2,1H3,(H,43,45)(H,44,56)(H,46,51,53)/t25-,30?,34?/m1/s1. The lowest BCUT2D eigenvalue weighted by atomic mass is 9.71. The summed E-state index contributed by atoms with van der Waals surface area (Å²) in [4.78, 5) is 80.6. The number of urea groups is 1. The third-order valence-electron chi connectivity index (χ3n) is 12.4. The van der Waals surface area contributed by atoms with Gasteiger partial charge < -0.3 is 36.2 Å². The van der Waals surface area contributed by atoms with E-state index >= 15 is 0 Å². The lowest BCUT2D eigenvalue weighted by molar-refractivity contribution is -0.136. The average Bonchev–Trinajstić information content (AvgIpc) is 3.46. The quantitative estimate of drug-likeness (QED) is 0.161. The molecule has 8 rings (SSSR count). The minimum atomic E-state index is -3.37. The second-order valence-electron chi connectivity index (χ2n) is 16.2.